The molecular weight excluding hydrogens is 272 g/mol. The van der Waals surface area contributed by atoms with Crippen LogP contribution in [0.3, 0.4) is 0 Å². The first-order valence-electron chi connectivity index (χ1n) is 6.33. The summed E-state index contributed by atoms with van der Waals surface area (Å²) in [5, 5.41) is 10.9. The number of nitrogens with zero attached hydrogens (tertiary/aromatic N) is 1. The molecule has 1 rings (SSSR count). The van der Waals surface area contributed by atoms with Crippen LogP contribution in [0.1, 0.15) is 32.6 Å². The van der Waals surface area contributed by atoms with Crippen LogP contribution >= 0.6 is 0 Å². The van der Waals surface area contributed by atoms with Gasteiger partial charge in [0, 0.05) is 19.5 Å². The van der Waals surface area contributed by atoms with Crippen molar-refractivity contribution in [2.75, 3.05) is 18.8 Å². The van der Waals surface area contributed by atoms with Gasteiger partial charge in [-0.25, -0.2) is 12.7 Å². The molecule has 0 aromatic carbocycles. The molecule has 0 aliphatic carbocycles. The molecule has 1 unspecified atom stereocenters. The zero-order valence-electron chi connectivity index (χ0n) is 11.0. The molecule has 0 aromatic rings. The Kier molecular flexibility index (Phi) is 5.74. The standard InChI is InChI=1S/C11H20N2O5S/c1-9(11(15)16)12-10(14)5-4-8-19(17,18)13-6-2-3-7-13/h9H,2-8H2,1H3,(H,12,14)(H,15,16). The van der Waals surface area contributed by atoms with Crippen LogP contribution in [0.25, 0.3) is 0 Å². The van der Waals surface area contributed by atoms with E-state index in [9.17, 15) is 18.0 Å². The van der Waals surface area contributed by atoms with Crippen molar-refractivity contribution in [3.05, 3.63) is 0 Å². The number of carbonyl (C=O) groups excluding carboxylic acids is 1. The van der Waals surface area contributed by atoms with Gasteiger partial charge < -0.3 is 10.4 Å². The summed E-state index contributed by atoms with van der Waals surface area (Å²) < 4.78 is 25.1. The van der Waals surface area contributed by atoms with E-state index in [2.05, 4.69) is 5.32 Å². The summed E-state index contributed by atoms with van der Waals surface area (Å²) >= 11 is 0. The first-order valence-corrected chi connectivity index (χ1v) is 7.94. The van der Waals surface area contributed by atoms with E-state index < -0.39 is 27.9 Å². The fraction of sp³-hybridized carbons (Fsp3) is 0.818. The lowest BCUT2D eigenvalue weighted by Gasteiger charge is -2.15. The quantitative estimate of drug-likeness (QED) is 0.675. The minimum absolute atomic E-state index is 0.0185. The largest absolute Gasteiger partial charge is 0.480 e. The maximum absolute atomic E-state index is 11.8. The number of nitrogens with one attached hydrogen (secondary N) is 1. The predicted octanol–water partition coefficient (Wildman–Crippen LogP) is -0.218. The van der Waals surface area contributed by atoms with E-state index in [0.29, 0.717) is 13.1 Å². The van der Waals surface area contributed by atoms with Gasteiger partial charge in [-0.3, -0.25) is 9.59 Å². The van der Waals surface area contributed by atoms with Gasteiger partial charge in [-0.05, 0) is 26.2 Å². The number of carboxylic acids is 1. The second-order valence-electron chi connectivity index (χ2n) is 4.65. The average molecular weight is 292 g/mol. The third kappa shape index (κ3) is 5.15. The Bertz CT molecular complexity index is 428. The van der Waals surface area contributed by atoms with Crippen molar-refractivity contribution in [2.24, 2.45) is 0 Å². The lowest BCUT2D eigenvalue weighted by atomic mass is 10.3. The van der Waals surface area contributed by atoms with Crippen molar-refractivity contribution in [1.82, 2.24) is 9.62 Å². The third-order valence-electron chi connectivity index (χ3n) is 3.01. The molecule has 110 valence electrons. The van der Waals surface area contributed by atoms with Gasteiger partial charge in [0.15, 0.2) is 0 Å². The molecule has 0 radical (unpaired) electrons. The summed E-state index contributed by atoms with van der Waals surface area (Å²) in [6.07, 6.45) is 1.99. The smallest absolute Gasteiger partial charge is 0.325 e. The fourth-order valence-corrected chi connectivity index (χ4v) is 3.47. The van der Waals surface area contributed by atoms with Crippen LogP contribution in [-0.2, 0) is 19.6 Å². The zero-order chi connectivity index (χ0) is 14.5. The summed E-state index contributed by atoms with van der Waals surface area (Å²) in [5.74, 6) is -1.62. The predicted molar refractivity (Wildman–Crippen MR) is 69.1 cm³/mol. The minimum Gasteiger partial charge on any atom is -0.480 e. The van der Waals surface area contributed by atoms with Crippen LogP contribution in [0, 0.1) is 0 Å². The van der Waals surface area contributed by atoms with Crippen molar-refractivity contribution in [3.63, 3.8) is 0 Å². The molecule has 1 heterocycles. The Morgan fingerprint density at radius 3 is 2.42 bits per heavy atom. The molecular formula is C11H20N2O5S. The van der Waals surface area contributed by atoms with Crippen LogP contribution in [0.5, 0.6) is 0 Å². The van der Waals surface area contributed by atoms with Gasteiger partial charge >= 0.3 is 5.97 Å². The second-order valence-corrected chi connectivity index (χ2v) is 6.74. The number of rotatable bonds is 7. The van der Waals surface area contributed by atoms with Crippen molar-refractivity contribution in [2.45, 2.75) is 38.6 Å². The fourth-order valence-electron chi connectivity index (χ4n) is 1.89. The van der Waals surface area contributed by atoms with Gasteiger partial charge in [-0.2, -0.15) is 0 Å². The van der Waals surface area contributed by atoms with Crippen LogP contribution in [-0.4, -0.2) is 54.6 Å². The van der Waals surface area contributed by atoms with E-state index in [-0.39, 0.29) is 18.6 Å². The van der Waals surface area contributed by atoms with Gasteiger partial charge in [0.1, 0.15) is 6.04 Å². The Morgan fingerprint density at radius 1 is 1.32 bits per heavy atom. The molecule has 1 saturated heterocycles. The highest BCUT2D eigenvalue weighted by Gasteiger charge is 2.25. The monoisotopic (exact) mass is 292 g/mol. The Hall–Kier alpha value is -1.15. The molecule has 1 aliphatic rings. The van der Waals surface area contributed by atoms with Crippen LogP contribution in [0.15, 0.2) is 0 Å². The van der Waals surface area contributed by atoms with Crippen molar-refractivity contribution in [1.29, 1.82) is 0 Å². The molecule has 0 saturated carbocycles. The first-order chi connectivity index (χ1) is 8.83. The van der Waals surface area contributed by atoms with E-state index in [1.165, 1.54) is 11.2 Å². The molecule has 0 spiro atoms. The van der Waals surface area contributed by atoms with Gasteiger partial charge in [-0.1, -0.05) is 0 Å². The number of sulfonamides is 1. The van der Waals surface area contributed by atoms with Crippen LogP contribution < -0.4 is 5.32 Å². The van der Waals surface area contributed by atoms with E-state index >= 15 is 0 Å². The molecule has 0 bridgehead atoms. The lowest BCUT2D eigenvalue weighted by molar-refractivity contribution is -0.141. The topological polar surface area (TPSA) is 104 Å². The molecule has 1 fully saturated rings. The average Bonchev–Trinajstić information content (AvgIpc) is 2.82. The SMILES string of the molecule is CC(NC(=O)CCCS(=O)(=O)N1CCCC1)C(=O)O. The van der Waals surface area contributed by atoms with Gasteiger partial charge in [0.05, 0.1) is 5.75 Å². The minimum atomic E-state index is -3.26. The van der Waals surface area contributed by atoms with Gasteiger partial charge in [0.25, 0.3) is 0 Å². The lowest BCUT2D eigenvalue weighted by Crippen LogP contribution is -2.38. The number of hydrogen-bond donors (Lipinski definition) is 2. The Labute approximate surface area is 113 Å². The summed E-state index contributed by atoms with van der Waals surface area (Å²) in [6, 6.07) is -0.956. The van der Waals surface area contributed by atoms with E-state index in [4.69, 9.17) is 5.11 Å². The molecule has 19 heavy (non-hydrogen) atoms. The van der Waals surface area contributed by atoms with Gasteiger partial charge in [-0.15, -0.1) is 0 Å². The zero-order valence-corrected chi connectivity index (χ0v) is 11.8. The Morgan fingerprint density at radius 2 is 1.89 bits per heavy atom. The van der Waals surface area contributed by atoms with E-state index in [0.717, 1.165) is 12.8 Å². The summed E-state index contributed by atoms with van der Waals surface area (Å²) in [6.45, 7) is 2.48. The molecule has 0 aromatic heterocycles. The summed E-state index contributed by atoms with van der Waals surface area (Å²) in [7, 11) is -3.26. The number of amides is 1. The number of hydrogen-bond acceptors (Lipinski definition) is 4. The molecule has 8 heteroatoms. The molecule has 1 amide bonds. The molecule has 2 N–H and O–H groups in total. The molecule has 7 nitrogen and oxygen atoms in total. The highest BCUT2D eigenvalue weighted by Crippen LogP contribution is 2.14. The van der Waals surface area contributed by atoms with Gasteiger partial charge in [0.2, 0.25) is 15.9 Å². The third-order valence-corrected chi connectivity index (χ3v) is 4.97. The van der Waals surface area contributed by atoms with Crippen molar-refractivity contribution >= 4 is 21.9 Å². The number of aliphatic carboxylic acids is 1. The number of carboxylic acid groups (broad SMARTS) is 1. The number of carbonyl (C=O) groups is 2. The maximum atomic E-state index is 11.8. The highest BCUT2D eigenvalue weighted by atomic mass is 32.2. The Balaban J connectivity index is 2.29. The molecule has 1 atom stereocenters. The highest BCUT2D eigenvalue weighted by molar-refractivity contribution is 7.89. The summed E-state index contributed by atoms with van der Waals surface area (Å²) in [5.41, 5.74) is 0. The van der Waals surface area contributed by atoms with Crippen LogP contribution in [0.4, 0.5) is 0 Å². The van der Waals surface area contributed by atoms with Crippen molar-refractivity contribution in [3.8, 4) is 0 Å². The van der Waals surface area contributed by atoms with Crippen LogP contribution in [0.2, 0.25) is 0 Å². The van der Waals surface area contributed by atoms with Crippen molar-refractivity contribution < 1.29 is 23.1 Å². The van der Waals surface area contributed by atoms with E-state index in [1.807, 2.05) is 0 Å². The second kappa shape index (κ2) is 6.85. The first kappa shape index (κ1) is 15.9. The molecule has 1 aliphatic heterocycles. The summed E-state index contributed by atoms with van der Waals surface area (Å²) in [4.78, 5) is 21.9. The van der Waals surface area contributed by atoms with E-state index in [1.54, 1.807) is 0 Å². The maximum Gasteiger partial charge on any atom is 0.325 e. The normalized spacial score (nSPS) is 18.2.